The Hall–Kier alpha value is -1.10. The van der Waals surface area contributed by atoms with E-state index in [4.69, 9.17) is 16.3 Å². The maximum absolute atomic E-state index is 5.94. The first-order valence-corrected chi connectivity index (χ1v) is 7.99. The lowest BCUT2D eigenvalue weighted by Gasteiger charge is -2.13. The Morgan fingerprint density at radius 1 is 1.29 bits per heavy atom. The Morgan fingerprint density at radius 3 is 2.81 bits per heavy atom. The van der Waals surface area contributed by atoms with E-state index >= 15 is 0 Å². The number of ether oxygens (including phenoxy) is 1. The Morgan fingerprint density at radius 2 is 2.10 bits per heavy atom. The highest BCUT2D eigenvalue weighted by Crippen LogP contribution is 2.29. The highest BCUT2D eigenvalue weighted by atomic mass is 79.9. The molecule has 0 aliphatic heterocycles. The molecule has 0 bridgehead atoms. The van der Waals surface area contributed by atoms with Gasteiger partial charge in [-0.1, -0.05) is 47.4 Å². The van der Waals surface area contributed by atoms with Crippen molar-refractivity contribution < 1.29 is 4.74 Å². The van der Waals surface area contributed by atoms with Gasteiger partial charge < -0.3 is 10.1 Å². The van der Waals surface area contributed by atoms with Gasteiger partial charge >= 0.3 is 0 Å². The molecule has 0 amide bonds. The van der Waals surface area contributed by atoms with E-state index in [1.54, 1.807) is 18.5 Å². The second-order valence-corrected chi connectivity index (χ2v) is 6.57. The average Bonchev–Trinajstić information content (AvgIpc) is 2.41. The predicted molar refractivity (Wildman–Crippen MR) is 90.0 cm³/mol. The maximum Gasteiger partial charge on any atom is 0.147 e. The van der Waals surface area contributed by atoms with E-state index < -0.39 is 0 Å². The molecule has 5 heteroatoms. The maximum atomic E-state index is 5.94. The monoisotopic (exact) mass is 368 g/mol. The van der Waals surface area contributed by atoms with Gasteiger partial charge in [0.1, 0.15) is 11.5 Å². The largest absolute Gasteiger partial charge is 0.455 e. The number of rotatable bonds is 6. The van der Waals surface area contributed by atoms with Crippen molar-refractivity contribution in [2.75, 3.05) is 6.54 Å². The van der Waals surface area contributed by atoms with Crippen LogP contribution in [0.4, 0.5) is 0 Å². The van der Waals surface area contributed by atoms with E-state index in [9.17, 15) is 0 Å². The normalized spacial score (nSPS) is 10.9. The van der Waals surface area contributed by atoms with Crippen molar-refractivity contribution in [1.82, 2.24) is 10.3 Å². The molecule has 1 N–H and O–H groups in total. The van der Waals surface area contributed by atoms with Crippen LogP contribution in [0.2, 0.25) is 5.02 Å². The van der Waals surface area contributed by atoms with E-state index in [1.807, 2.05) is 18.2 Å². The summed E-state index contributed by atoms with van der Waals surface area (Å²) in [5, 5.41) is 3.98. The van der Waals surface area contributed by atoms with Crippen molar-refractivity contribution in [2.45, 2.75) is 20.4 Å². The Bertz CT molecular complexity index is 605. The first-order valence-electron chi connectivity index (χ1n) is 6.82. The fraction of sp³-hybridized carbons (Fsp3) is 0.312. The van der Waals surface area contributed by atoms with Crippen LogP contribution in [0.1, 0.15) is 19.4 Å². The minimum atomic E-state index is 0.557. The summed E-state index contributed by atoms with van der Waals surface area (Å²) in [6.07, 6.45) is 3.23. The third-order valence-electron chi connectivity index (χ3n) is 2.80. The number of benzene rings is 1. The summed E-state index contributed by atoms with van der Waals surface area (Å²) < 4.78 is 6.88. The molecule has 1 aromatic carbocycles. The zero-order valence-corrected chi connectivity index (χ0v) is 14.4. The molecular weight excluding hydrogens is 352 g/mol. The molecule has 0 fully saturated rings. The quantitative estimate of drug-likeness (QED) is 0.775. The fourth-order valence-electron chi connectivity index (χ4n) is 1.84. The highest BCUT2D eigenvalue weighted by Gasteiger charge is 2.07. The fourth-order valence-corrected chi connectivity index (χ4v) is 2.34. The second kappa shape index (κ2) is 7.78. The van der Waals surface area contributed by atoms with Crippen molar-refractivity contribution in [3.8, 4) is 11.5 Å². The molecule has 0 radical (unpaired) electrons. The second-order valence-electron chi connectivity index (χ2n) is 5.22. The number of hydrogen-bond acceptors (Lipinski definition) is 3. The van der Waals surface area contributed by atoms with Gasteiger partial charge in [0, 0.05) is 28.8 Å². The van der Waals surface area contributed by atoms with E-state index in [-0.39, 0.29) is 0 Å². The minimum Gasteiger partial charge on any atom is -0.455 e. The molecule has 0 aliphatic carbocycles. The Kier molecular flexibility index (Phi) is 6.03. The summed E-state index contributed by atoms with van der Waals surface area (Å²) >= 11 is 9.41. The summed E-state index contributed by atoms with van der Waals surface area (Å²) in [5.74, 6) is 2.04. The number of nitrogens with zero attached hydrogens (tertiary/aromatic N) is 1. The molecule has 2 rings (SSSR count). The van der Waals surface area contributed by atoms with Crippen LogP contribution in [0.5, 0.6) is 11.5 Å². The first kappa shape index (κ1) is 16.3. The summed E-state index contributed by atoms with van der Waals surface area (Å²) in [5.41, 5.74) is 1.10. The zero-order chi connectivity index (χ0) is 15.2. The number of nitrogens with one attached hydrogen (secondary N) is 1. The van der Waals surface area contributed by atoms with E-state index in [1.165, 1.54) is 0 Å². The first-order chi connectivity index (χ1) is 10.0. The summed E-state index contributed by atoms with van der Waals surface area (Å²) in [6.45, 7) is 6.09. The number of hydrogen-bond donors (Lipinski definition) is 1. The molecule has 112 valence electrons. The summed E-state index contributed by atoms with van der Waals surface area (Å²) in [7, 11) is 0. The highest BCUT2D eigenvalue weighted by molar-refractivity contribution is 9.10. The molecule has 3 nitrogen and oxygen atoms in total. The third kappa shape index (κ3) is 5.30. The molecule has 0 saturated carbocycles. The van der Waals surface area contributed by atoms with E-state index in [0.717, 1.165) is 28.9 Å². The van der Waals surface area contributed by atoms with Gasteiger partial charge in [0.15, 0.2) is 0 Å². The molecule has 0 unspecified atom stereocenters. The number of halogens is 2. The molecule has 0 atom stereocenters. The van der Waals surface area contributed by atoms with Crippen LogP contribution in [0.15, 0.2) is 41.1 Å². The van der Waals surface area contributed by atoms with Crippen molar-refractivity contribution >= 4 is 27.5 Å². The molecule has 0 saturated heterocycles. The average molecular weight is 370 g/mol. The Balaban J connectivity index is 2.15. The lowest BCUT2D eigenvalue weighted by Crippen LogP contribution is -2.19. The van der Waals surface area contributed by atoms with E-state index in [0.29, 0.717) is 16.7 Å². The van der Waals surface area contributed by atoms with Crippen molar-refractivity contribution in [3.05, 3.63) is 51.7 Å². The predicted octanol–water partition coefficient (Wildman–Crippen LogP) is 5.04. The molecule has 1 heterocycles. The van der Waals surface area contributed by atoms with Crippen LogP contribution in [0.25, 0.3) is 0 Å². The topological polar surface area (TPSA) is 34.1 Å². The molecule has 0 spiro atoms. The van der Waals surface area contributed by atoms with Crippen molar-refractivity contribution in [1.29, 1.82) is 0 Å². The van der Waals surface area contributed by atoms with Crippen LogP contribution in [0, 0.1) is 5.92 Å². The van der Waals surface area contributed by atoms with Gasteiger partial charge in [0.05, 0.1) is 11.2 Å². The lowest BCUT2D eigenvalue weighted by atomic mass is 10.2. The minimum absolute atomic E-state index is 0.557. The van der Waals surface area contributed by atoms with E-state index in [2.05, 4.69) is 40.1 Å². The summed E-state index contributed by atoms with van der Waals surface area (Å²) in [6, 6.07) is 7.76. The van der Waals surface area contributed by atoms with Gasteiger partial charge in [0.25, 0.3) is 0 Å². The van der Waals surface area contributed by atoms with Crippen LogP contribution < -0.4 is 10.1 Å². The Labute approximate surface area is 138 Å². The van der Waals surface area contributed by atoms with Gasteiger partial charge in [0.2, 0.25) is 0 Å². The van der Waals surface area contributed by atoms with Crippen LogP contribution >= 0.6 is 27.5 Å². The zero-order valence-electron chi connectivity index (χ0n) is 12.1. The molecule has 21 heavy (non-hydrogen) atoms. The van der Waals surface area contributed by atoms with Gasteiger partial charge in [-0.2, -0.15) is 0 Å². The third-order valence-corrected chi connectivity index (χ3v) is 3.50. The standard InChI is InChI=1S/C16H18BrClN2O/c1-11(2)7-19-8-12-3-4-13(17)5-16(12)21-15-6-14(18)9-20-10-15/h3-6,9-11,19H,7-8H2,1-2H3. The lowest BCUT2D eigenvalue weighted by molar-refractivity contribution is 0.467. The smallest absolute Gasteiger partial charge is 0.147 e. The van der Waals surface area contributed by atoms with Crippen LogP contribution in [0.3, 0.4) is 0 Å². The molecule has 0 aliphatic rings. The van der Waals surface area contributed by atoms with Crippen LogP contribution in [-0.2, 0) is 6.54 Å². The van der Waals surface area contributed by atoms with Crippen molar-refractivity contribution in [2.24, 2.45) is 5.92 Å². The van der Waals surface area contributed by atoms with Gasteiger partial charge in [-0.3, -0.25) is 4.98 Å². The van der Waals surface area contributed by atoms with Crippen LogP contribution in [-0.4, -0.2) is 11.5 Å². The molecular formula is C16H18BrClN2O. The van der Waals surface area contributed by atoms with Gasteiger partial charge in [-0.15, -0.1) is 0 Å². The van der Waals surface area contributed by atoms with Gasteiger partial charge in [-0.25, -0.2) is 0 Å². The molecule has 2 aromatic rings. The van der Waals surface area contributed by atoms with Gasteiger partial charge in [-0.05, 0) is 24.6 Å². The summed E-state index contributed by atoms with van der Waals surface area (Å²) in [4.78, 5) is 4.03. The SMILES string of the molecule is CC(C)CNCc1ccc(Br)cc1Oc1cncc(Cl)c1. The van der Waals surface area contributed by atoms with Crippen molar-refractivity contribution in [3.63, 3.8) is 0 Å². The number of pyridine rings is 1. The number of aromatic nitrogens is 1. The molecule has 1 aromatic heterocycles.